The Hall–Kier alpha value is -0.870. The van der Waals surface area contributed by atoms with Crippen molar-refractivity contribution in [3.05, 3.63) is 17.5 Å². The van der Waals surface area contributed by atoms with Crippen molar-refractivity contribution in [1.29, 1.82) is 0 Å². The van der Waals surface area contributed by atoms with Crippen molar-refractivity contribution in [2.24, 2.45) is 5.41 Å². The highest BCUT2D eigenvalue weighted by Crippen LogP contribution is 2.23. The van der Waals surface area contributed by atoms with E-state index in [0.717, 1.165) is 19.6 Å². The van der Waals surface area contributed by atoms with Crippen LogP contribution in [0.25, 0.3) is 0 Å². The van der Waals surface area contributed by atoms with E-state index < -0.39 is 0 Å². The van der Waals surface area contributed by atoms with Gasteiger partial charge < -0.3 is 10.1 Å². The number of methoxy groups -OCH3 is 1. The van der Waals surface area contributed by atoms with Gasteiger partial charge in [0, 0.05) is 20.3 Å². The number of nitrogens with zero attached hydrogens (tertiary/aromatic N) is 2. The maximum Gasteiger partial charge on any atom is 0.148 e. The molecular weight excluding hydrogens is 226 g/mol. The minimum atomic E-state index is 0.143. The first-order valence-electron chi connectivity index (χ1n) is 5.23. The summed E-state index contributed by atoms with van der Waals surface area (Å²) in [6, 6.07) is 0. The van der Waals surface area contributed by atoms with E-state index in [2.05, 4.69) is 29.1 Å². The van der Waals surface area contributed by atoms with Gasteiger partial charge in [0.15, 0.2) is 0 Å². The van der Waals surface area contributed by atoms with E-state index >= 15 is 0 Å². The van der Waals surface area contributed by atoms with Gasteiger partial charge in [-0.25, -0.2) is 9.97 Å². The molecule has 5 heteroatoms. The van der Waals surface area contributed by atoms with Crippen LogP contribution in [-0.2, 0) is 4.74 Å². The van der Waals surface area contributed by atoms with Crippen LogP contribution in [0.4, 0.5) is 5.82 Å². The summed E-state index contributed by atoms with van der Waals surface area (Å²) in [4.78, 5) is 7.91. The molecule has 1 heterocycles. The van der Waals surface area contributed by atoms with E-state index in [9.17, 15) is 0 Å². The minimum absolute atomic E-state index is 0.143. The lowest BCUT2D eigenvalue weighted by Gasteiger charge is -2.24. The van der Waals surface area contributed by atoms with Gasteiger partial charge >= 0.3 is 0 Å². The van der Waals surface area contributed by atoms with Gasteiger partial charge in [0.2, 0.25) is 0 Å². The number of halogens is 1. The average Bonchev–Trinajstić information content (AvgIpc) is 2.26. The van der Waals surface area contributed by atoms with E-state index in [1.165, 1.54) is 6.33 Å². The highest BCUT2D eigenvalue weighted by molar-refractivity contribution is 6.32. The first kappa shape index (κ1) is 13.2. The number of hydrogen-bond donors (Lipinski definition) is 1. The van der Waals surface area contributed by atoms with Crippen LogP contribution >= 0.6 is 11.6 Å². The van der Waals surface area contributed by atoms with Crippen LogP contribution in [0.3, 0.4) is 0 Å². The molecule has 90 valence electrons. The van der Waals surface area contributed by atoms with Gasteiger partial charge in [-0.15, -0.1) is 0 Å². The van der Waals surface area contributed by atoms with Crippen molar-refractivity contribution in [3.63, 3.8) is 0 Å². The van der Waals surface area contributed by atoms with Crippen molar-refractivity contribution in [2.75, 3.05) is 25.6 Å². The minimum Gasteiger partial charge on any atom is -0.385 e. The summed E-state index contributed by atoms with van der Waals surface area (Å²) < 4.78 is 5.07. The van der Waals surface area contributed by atoms with E-state index in [4.69, 9.17) is 16.3 Å². The molecule has 1 rings (SSSR count). The van der Waals surface area contributed by atoms with Crippen LogP contribution in [0.15, 0.2) is 12.5 Å². The lowest BCUT2D eigenvalue weighted by atomic mass is 9.90. The Morgan fingerprint density at radius 1 is 1.50 bits per heavy atom. The van der Waals surface area contributed by atoms with Crippen LogP contribution < -0.4 is 5.32 Å². The molecule has 0 radical (unpaired) electrons. The summed E-state index contributed by atoms with van der Waals surface area (Å²) in [7, 11) is 1.71. The summed E-state index contributed by atoms with van der Waals surface area (Å²) in [6.45, 7) is 5.90. The SMILES string of the molecule is COCCC(C)(C)CNc1ncncc1Cl. The third-order valence-corrected chi connectivity index (χ3v) is 2.66. The third kappa shape index (κ3) is 4.33. The lowest BCUT2D eigenvalue weighted by molar-refractivity contribution is 0.157. The van der Waals surface area contributed by atoms with Crippen LogP contribution in [0, 0.1) is 5.41 Å². The second kappa shape index (κ2) is 6.01. The molecule has 0 aromatic carbocycles. The summed E-state index contributed by atoms with van der Waals surface area (Å²) in [5.74, 6) is 0.683. The second-order valence-corrected chi connectivity index (χ2v) is 4.89. The van der Waals surface area contributed by atoms with Crippen LogP contribution in [0.1, 0.15) is 20.3 Å². The normalized spacial score (nSPS) is 11.5. The van der Waals surface area contributed by atoms with Gasteiger partial charge in [-0.1, -0.05) is 25.4 Å². The highest BCUT2D eigenvalue weighted by atomic mass is 35.5. The quantitative estimate of drug-likeness (QED) is 0.834. The molecule has 0 aliphatic carbocycles. The third-order valence-electron chi connectivity index (χ3n) is 2.38. The predicted octanol–water partition coefficient (Wildman–Crippen LogP) is 2.60. The van der Waals surface area contributed by atoms with Gasteiger partial charge in [-0.3, -0.25) is 0 Å². The van der Waals surface area contributed by atoms with Crippen LogP contribution in [0.2, 0.25) is 5.02 Å². The molecule has 16 heavy (non-hydrogen) atoms. The van der Waals surface area contributed by atoms with Gasteiger partial charge in [0.05, 0.1) is 6.20 Å². The van der Waals surface area contributed by atoms with Crippen molar-refractivity contribution >= 4 is 17.4 Å². The molecule has 1 aromatic heterocycles. The highest BCUT2D eigenvalue weighted by Gasteiger charge is 2.17. The molecular formula is C11H18ClN3O. The average molecular weight is 244 g/mol. The van der Waals surface area contributed by atoms with Gasteiger partial charge in [-0.2, -0.15) is 0 Å². The Labute approximate surface area is 101 Å². The molecule has 1 N–H and O–H groups in total. The number of hydrogen-bond acceptors (Lipinski definition) is 4. The van der Waals surface area contributed by atoms with Crippen molar-refractivity contribution in [1.82, 2.24) is 9.97 Å². The molecule has 0 spiro atoms. The maximum absolute atomic E-state index is 5.95. The van der Waals surface area contributed by atoms with Crippen LogP contribution in [0.5, 0.6) is 0 Å². The Kier molecular flexibility index (Phi) is 4.96. The number of ether oxygens (including phenoxy) is 1. The molecule has 0 amide bonds. The summed E-state index contributed by atoms with van der Waals surface area (Å²) >= 11 is 5.95. The van der Waals surface area contributed by atoms with E-state index in [0.29, 0.717) is 10.8 Å². The zero-order chi connectivity index (χ0) is 12.0. The second-order valence-electron chi connectivity index (χ2n) is 4.48. The number of anilines is 1. The first-order chi connectivity index (χ1) is 7.55. The Bertz CT molecular complexity index is 331. The smallest absolute Gasteiger partial charge is 0.148 e. The monoisotopic (exact) mass is 243 g/mol. The van der Waals surface area contributed by atoms with Crippen molar-refractivity contribution in [2.45, 2.75) is 20.3 Å². The zero-order valence-electron chi connectivity index (χ0n) is 9.96. The van der Waals surface area contributed by atoms with Crippen molar-refractivity contribution < 1.29 is 4.74 Å². The fraction of sp³-hybridized carbons (Fsp3) is 0.636. The maximum atomic E-state index is 5.95. The molecule has 0 aliphatic rings. The topological polar surface area (TPSA) is 47.0 Å². The number of rotatable bonds is 6. The molecule has 0 atom stereocenters. The standard InChI is InChI=1S/C11H18ClN3O/c1-11(2,4-5-16-3)7-14-10-9(12)6-13-8-15-10/h6,8H,4-5,7H2,1-3H3,(H,13,14,15). The molecule has 4 nitrogen and oxygen atoms in total. The van der Waals surface area contributed by atoms with E-state index in [-0.39, 0.29) is 5.41 Å². The molecule has 0 saturated carbocycles. The molecule has 0 unspecified atom stereocenters. The summed E-state index contributed by atoms with van der Waals surface area (Å²) in [6.07, 6.45) is 4.05. The Morgan fingerprint density at radius 2 is 2.25 bits per heavy atom. The van der Waals surface area contributed by atoms with Gasteiger partial charge in [0.1, 0.15) is 17.2 Å². The molecule has 0 bridgehead atoms. The van der Waals surface area contributed by atoms with Gasteiger partial charge in [0.25, 0.3) is 0 Å². The first-order valence-corrected chi connectivity index (χ1v) is 5.61. The zero-order valence-corrected chi connectivity index (χ0v) is 10.7. The Balaban J connectivity index is 2.47. The van der Waals surface area contributed by atoms with Crippen molar-refractivity contribution in [3.8, 4) is 0 Å². The predicted molar refractivity (Wildman–Crippen MR) is 65.8 cm³/mol. The summed E-state index contributed by atoms with van der Waals surface area (Å²) in [5.41, 5.74) is 0.143. The molecule has 1 aromatic rings. The largest absolute Gasteiger partial charge is 0.385 e. The molecule has 0 saturated heterocycles. The molecule has 0 fully saturated rings. The fourth-order valence-electron chi connectivity index (χ4n) is 1.23. The van der Waals surface area contributed by atoms with E-state index in [1.807, 2.05) is 0 Å². The fourth-order valence-corrected chi connectivity index (χ4v) is 1.40. The summed E-state index contributed by atoms with van der Waals surface area (Å²) in [5, 5.41) is 3.77. The van der Waals surface area contributed by atoms with Gasteiger partial charge in [-0.05, 0) is 11.8 Å². The number of nitrogens with one attached hydrogen (secondary N) is 1. The van der Waals surface area contributed by atoms with E-state index in [1.54, 1.807) is 13.3 Å². The number of aromatic nitrogens is 2. The Morgan fingerprint density at radius 3 is 2.88 bits per heavy atom. The lowest BCUT2D eigenvalue weighted by Crippen LogP contribution is -2.25. The molecule has 0 aliphatic heterocycles. The van der Waals surface area contributed by atoms with Crippen LogP contribution in [-0.4, -0.2) is 30.2 Å².